The number of aromatic nitrogens is 4. The fourth-order valence-electron chi connectivity index (χ4n) is 1.96. The molecular weight excluding hydrogens is 280 g/mol. The maximum absolute atomic E-state index is 11.1. The Morgan fingerprint density at radius 2 is 2.45 bits per heavy atom. The molecule has 3 aromatic rings. The molecule has 0 atom stereocenters. The zero-order chi connectivity index (χ0) is 13.9. The lowest BCUT2D eigenvalue weighted by Crippen LogP contribution is -2.06. The van der Waals surface area contributed by atoms with Crippen molar-refractivity contribution in [1.29, 1.82) is 0 Å². The third kappa shape index (κ3) is 2.35. The molecule has 0 fully saturated rings. The van der Waals surface area contributed by atoms with E-state index in [1.165, 1.54) is 15.7 Å². The average molecular weight is 292 g/mol. The van der Waals surface area contributed by atoms with Crippen LogP contribution in [-0.2, 0) is 6.42 Å². The lowest BCUT2D eigenvalue weighted by Gasteiger charge is -2.02. The molecular formula is C11H12N6O2S. The summed E-state index contributed by atoms with van der Waals surface area (Å²) in [7, 11) is 0. The van der Waals surface area contributed by atoms with Gasteiger partial charge in [-0.1, -0.05) is 11.3 Å². The van der Waals surface area contributed by atoms with Crippen LogP contribution in [0.2, 0.25) is 0 Å². The summed E-state index contributed by atoms with van der Waals surface area (Å²) in [6, 6.07) is 0. The number of nitro groups is 1. The van der Waals surface area contributed by atoms with Crippen LogP contribution < -0.4 is 5.32 Å². The van der Waals surface area contributed by atoms with Crippen LogP contribution >= 0.6 is 11.3 Å². The first-order valence-corrected chi connectivity index (χ1v) is 6.96. The van der Waals surface area contributed by atoms with E-state index in [0.29, 0.717) is 17.3 Å². The van der Waals surface area contributed by atoms with Gasteiger partial charge in [0, 0.05) is 30.7 Å². The molecule has 0 amide bonds. The first kappa shape index (κ1) is 12.6. The topological polar surface area (TPSA) is 101 Å². The Kier molecular flexibility index (Phi) is 3.33. The molecule has 2 N–H and O–H groups in total. The van der Waals surface area contributed by atoms with Crippen LogP contribution in [0, 0.1) is 10.1 Å². The summed E-state index contributed by atoms with van der Waals surface area (Å²) in [6.07, 6.45) is 6.74. The second-order valence-electron chi connectivity index (χ2n) is 4.16. The molecule has 0 aliphatic rings. The molecule has 0 bridgehead atoms. The summed E-state index contributed by atoms with van der Waals surface area (Å²) in [5.41, 5.74) is 0. The van der Waals surface area contributed by atoms with E-state index in [0.717, 1.165) is 18.7 Å². The highest BCUT2D eigenvalue weighted by Gasteiger charge is 2.22. The van der Waals surface area contributed by atoms with Crippen LogP contribution in [0.3, 0.4) is 0 Å². The third-order valence-electron chi connectivity index (χ3n) is 2.85. The SMILES string of the molecule is O=[N+]([O-])c1c(NCCCc2ncc[nH]2)nc2sccn12. The predicted octanol–water partition coefficient (Wildman–Crippen LogP) is 2.07. The summed E-state index contributed by atoms with van der Waals surface area (Å²) < 4.78 is 1.49. The van der Waals surface area contributed by atoms with Crippen molar-refractivity contribution in [2.24, 2.45) is 0 Å². The van der Waals surface area contributed by atoms with Gasteiger partial charge >= 0.3 is 5.82 Å². The third-order valence-corrected chi connectivity index (χ3v) is 3.60. The summed E-state index contributed by atoms with van der Waals surface area (Å²) in [5, 5.41) is 15.9. The number of nitrogens with zero attached hydrogens (tertiary/aromatic N) is 4. The van der Waals surface area contributed by atoms with E-state index in [1.807, 2.05) is 0 Å². The van der Waals surface area contributed by atoms with Crippen molar-refractivity contribution >= 4 is 27.9 Å². The number of rotatable bonds is 6. The predicted molar refractivity (Wildman–Crippen MR) is 75.1 cm³/mol. The first-order valence-electron chi connectivity index (χ1n) is 6.08. The van der Waals surface area contributed by atoms with Gasteiger partial charge in [-0.3, -0.25) is 0 Å². The molecule has 0 aromatic carbocycles. The fraction of sp³-hybridized carbons (Fsp3) is 0.273. The quantitative estimate of drug-likeness (QED) is 0.411. The Balaban J connectivity index is 1.66. The Bertz CT molecular complexity index is 717. The minimum atomic E-state index is -0.415. The molecule has 20 heavy (non-hydrogen) atoms. The number of imidazole rings is 2. The van der Waals surface area contributed by atoms with Crippen LogP contribution in [-0.4, -0.2) is 30.8 Å². The van der Waals surface area contributed by atoms with E-state index in [9.17, 15) is 10.1 Å². The van der Waals surface area contributed by atoms with Crippen molar-refractivity contribution in [1.82, 2.24) is 19.4 Å². The number of nitrogens with one attached hydrogen (secondary N) is 2. The summed E-state index contributed by atoms with van der Waals surface area (Å²) >= 11 is 1.37. The number of aromatic amines is 1. The number of aryl methyl sites for hydroxylation is 1. The van der Waals surface area contributed by atoms with Gasteiger partial charge in [0.15, 0.2) is 0 Å². The Morgan fingerprint density at radius 1 is 1.55 bits per heavy atom. The Labute approximate surface area is 117 Å². The fourth-order valence-corrected chi connectivity index (χ4v) is 2.67. The van der Waals surface area contributed by atoms with Crippen molar-refractivity contribution in [3.63, 3.8) is 0 Å². The standard InChI is InChI=1S/C11H12N6O2S/c18-17(19)10-9(15-11-16(10)6-7-20-11)14-3-1-2-8-12-4-5-13-8/h4-7,14H,1-3H2,(H,12,13). The highest BCUT2D eigenvalue weighted by Crippen LogP contribution is 2.27. The molecule has 0 aliphatic heterocycles. The van der Waals surface area contributed by atoms with E-state index in [1.54, 1.807) is 24.0 Å². The second-order valence-corrected chi connectivity index (χ2v) is 5.04. The number of H-pyrrole nitrogens is 1. The van der Waals surface area contributed by atoms with E-state index < -0.39 is 4.92 Å². The van der Waals surface area contributed by atoms with Crippen molar-refractivity contribution in [3.05, 3.63) is 39.9 Å². The van der Waals surface area contributed by atoms with E-state index in [4.69, 9.17) is 0 Å². The minimum absolute atomic E-state index is 0.0146. The average Bonchev–Trinajstić information content (AvgIpc) is 3.10. The van der Waals surface area contributed by atoms with Gasteiger partial charge in [-0.25, -0.2) is 4.98 Å². The molecule has 0 unspecified atom stereocenters. The van der Waals surface area contributed by atoms with Crippen molar-refractivity contribution in [3.8, 4) is 0 Å². The summed E-state index contributed by atoms with van der Waals surface area (Å²) in [4.78, 5) is 22.7. The van der Waals surface area contributed by atoms with Crippen molar-refractivity contribution in [2.45, 2.75) is 12.8 Å². The van der Waals surface area contributed by atoms with Gasteiger partial charge < -0.3 is 20.4 Å². The van der Waals surface area contributed by atoms with E-state index >= 15 is 0 Å². The van der Waals surface area contributed by atoms with Gasteiger partial charge in [0.2, 0.25) is 5.82 Å². The molecule has 3 rings (SSSR count). The van der Waals surface area contributed by atoms with Crippen molar-refractivity contribution < 1.29 is 4.92 Å². The lowest BCUT2D eigenvalue weighted by molar-refractivity contribution is -0.389. The molecule has 0 saturated heterocycles. The molecule has 3 heterocycles. The van der Waals surface area contributed by atoms with Gasteiger partial charge in [-0.2, -0.15) is 9.38 Å². The van der Waals surface area contributed by atoms with Crippen LogP contribution in [0.4, 0.5) is 11.6 Å². The van der Waals surface area contributed by atoms with E-state index in [-0.39, 0.29) is 5.82 Å². The minimum Gasteiger partial charge on any atom is -0.363 e. The van der Waals surface area contributed by atoms with Gasteiger partial charge in [0.1, 0.15) is 12.0 Å². The van der Waals surface area contributed by atoms with Gasteiger partial charge in [0.05, 0.1) is 0 Å². The van der Waals surface area contributed by atoms with Crippen molar-refractivity contribution in [2.75, 3.05) is 11.9 Å². The van der Waals surface area contributed by atoms with E-state index in [2.05, 4.69) is 20.3 Å². The van der Waals surface area contributed by atoms with Crippen LogP contribution in [0.1, 0.15) is 12.2 Å². The molecule has 104 valence electrons. The zero-order valence-electron chi connectivity index (χ0n) is 10.4. The molecule has 0 saturated carbocycles. The number of anilines is 1. The number of fused-ring (bicyclic) bond motifs is 1. The van der Waals surface area contributed by atoms with Crippen LogP contribution in [0.5, 0.6) is 0 Å². The molecule has 3 aromatic heterocycles. The highest BCUT2D eigenvalue weighted by atomic mass is 32.1. The maximum atomic E-state index is 11.1. The second kappa shape index (κ2) is 5.29. The maximum Gasteiger partial charge on any atom is 0.372 e. The molecule has 0 radical (unpaired) electrons. The lowest BCUT2D eigenvalue weighted by atomic mass is 10.3. The number of hydrogen-bond donors (Lipinski definition) is 2. The monoisotopic (exact) mass is 292 g/mol. The molecule has 9 heteroatoms. The van der Waals surface area contributed by atoms with Gasteiger partial charge in [-0.15, -0.1) is 0 Å². The molecule has 8 nitrogen and oxygen atoms in total. The smallest absolute Gasteiger partial charge is 0.363 e. The Morgan fingerprint density at radius 3 is 3.20 bits per heavy atom. The van der Waals surface area contributed by atoms with Gasteiger partial charge in [0.25, 0.3) is 4.96 Å². The molecule has 0 spiro atoms. The Hall–Kier alpha value is -2.42. The normalized spacial score (nSPS) is 11.0. The highest BCUT2D eigenvalue weighted by molar-refractivity contribution is 7.15. The number of hydrogen-bond acceptors (Lipinski definition) is 6. The number of thiazole rings is 1. The summed E-state index contributed by atoms with van der Waals surface area (Å²) in [5.74, 6) is 1.22. The molecule has 0 aliphatic carbocycles. The van der Waals surface area contributed by atoms with Gasteiger partial charge in [-0.05, 0) is 11.3 Å². The van der Waals surface area contributed by atoms with Crippen LogP contribution in [0.25, 0.3) is 4.96 Å². The zero-order valence-corrected chi connectivity index (χ0v) is 11.3. The largest absolute Gasteiger partial charge is 0.372 e. The van der Waals surface area contributed by atoms with Crippen LogP contribution in [0.15, 0.2) is 24.0 Å². The summed E-state index contributed by atoms with van der Waals surface area (Å²) in [6.45, 7) is 0.604. The first-order chi connectivity index (χ1) is 9.75.